The van der Waals surface area contributed by atoms with Crippen LogP contribution in [-0.4, -0.2) is 15.6 Å². The average Bonchev–Trinajstić information content (AvgIpc) is 2.36. The molecule has 4 nitrogen and oxygen atoms in total. The van der Waals surface area contributed by atoms with Crippen LogP contribution in [0.15, 0.2) is 35.1 Å². The van der Waals surface area contributed by atoms with Crippen molar-refractivity contribution in [2.45, 2.75) is 32.7 Å². The number of nitrogens with zero attached hydrogens (tertiary/aromatic N) is 1. The van der Waals surface area contributed by atoms with E-state index in [0.717, 1.165) is 10.9 Å². The van der Waals surface area contributed by atoms with Crippen molar-refractivity contribution in [3.63, 3.8) is 0 Å². The quantitative estimate of drug-likeness (QED) is 0.922. The molecule has 0 saturated carbocycles. The highest BCUT2D eigenvalue weighted by atomic mass is 16.4. The Morgan fingerprint density at radius 2 is 1.84 bits per heavy atom. The maximum absolute atomic E-state index is 12.5. The molecule has 100 valence electrons. The Hall–Kier alpha value is -2.10. The molecule has 0 bridgehead atoms. The molecule has 2 aromatic rings. The minimum atomic E-state index is -0.984. The number of carbonyl (C=O) groups is 1. The first kappa shape index (κ1) is 13.3. The van der Waals surface area contributed by atoms with E-state index in [4.69, 9.17) is 5.11 Å². The van der Waals surface area contributed by atoms with Crippen LogP contribution in [0.4, 0.5) is 0 Å². The summed E-state index contributed by atoms with van der Waals surface area (Å²) >= 11 is 0. The van der Waals surface area contributed by atoms with E-state index in [9.17, 15) is 9.59 Å². The van der Waals surface area contributed by atoms with Gasteiger partial charge in [0.1, 0.15) is 0 Å². The minimum Gasteiger partial charge on any atom is -0.481 e. The van der Waals surface area contributed by atoms with Gasteiger partial charge in [-0.1, -0.05) is 18.2 Å². The van der Waals surface area contributed by atoms with Gasteiger partial charge in [-0.25, -0.2) is 0 Å². The molecular formula is C15H17NO3. The molecule has 0 fully saturated rings. The predicted octanol–water partition coefficient (Wildman–Crippen LogP) is 2.77. The number of carboxylic acids is 1. The highest BCUT2D eigenvalue weighted by Gasteiger charge is 2.20. The van der Waals surface area contributed by atoms with Crippen LogP contribution >= 0.6 is 0 Å². The number of hydrogen-bond donors (Lipinski definition) is 1. The first-order valence-electron chi connectivity index (χ1n) is 6.30. The van der Waals surface area contributed by atoms with Gasteiger partial charge >= 0.3 is 5.97 Å². The van der Waals surface area contributed by atoms with Crippen molar-refractivity contribution >= 4 is 16.9 Å². The monoisotopic (exact) mass is 259 g/mol. The lowest BCUT2D eigenvalue weighted by molar-refractivity contribution is -0.138. The fraction of sp³-hybridized carbons (Fsp3) is 0.333. The fourth-order valence-electron chi connectivity index (χ4n) is 2.26. The van der Waals surface area contributed by atoms with Gasteiger partial charge in [0.05, 0.1) is 11.4 Å². The summed E-state index contributed by atoms with van der Waals surface area (Å²) in [5, 5.41) is 10.0. The number of aliphatic carboxylic acids is 1. The molecule has 0 aliphatic heterocycles. The van der Waals surface area contributed by atoms with Gasteiger partial charge in [-0.15, -0.1) is 0 Å². The standard InChI is InChI=1S/C15H17NO3/c1-9(2)16-13-7-5-4-6-11(13)8-12(14(16)17)10(3)15(18)19/h4-10H,1-3H3,(H,18,19). The Balaban J connectivity index is 2.85. The number of carboxylic acid groups (broad SMARTS) is 1. The number of fused-ring (bicyclic) bond motifs is 1. The van der Waals surface area contributed by atoms with Gasteiger partial charge in [-0.3, -0.25) is 9.59 Å². The topological polar surface area (TPSA) is 59.3 Å². The molecule has 1 atom stereocenters. The number of rotatable bonds is 3. The number of benzene rings is 1. The zero-order valence-corrected chi connectivity index (χ0v) is 11.3. The molecule has 1 heterocycles. The third-order valence-electron chi connectivity index (χ3n) is 3.33. The second kappa shape index (κ2) is 4.88. The van der Waals surface area contributed by atoms with E-state index >= 15 is 0 Å². The lowest BCUT2D eigenvalue weighted by Gasteiger charge is -2.17. The number of aromatic nitrogens is 1. The summed E-state index contributed by atoms with van der Waals surface area (Å²) < 4.78 is 1.66. The van der Waals surface area contributed by atoms with E-state index in [1.165, 1.54) is 0 Å². The number of para-hydroxylation sites is 1. The maximum Gasteiger partial charge on any atom is 0.310 e. The van der Waals surface area contributed by atoms with Crippen LogP contribution in [0.3, 0.4) is 0 Å². The molecular weight excluding hydrogens is 242 g/mol. The second-order valence-corrected chi connectivity index (χ2v) is 4.99. The normalized spacial score (nSPS) is 12.8. The minimum absolute atomic E-state index is 0.0154. The number of pyridine rings is 1. The van der Waals surface area contributed by atoms with E-state index < -0.39 is 11.9 Å². The van der Waals surface area contributed by atoms with Gasteiger partial charge < -0.3 is 9.67 Å². The lowest BCUT2D eigenvalue weighted by atomic mass is 10.0. The third kappa shape index (κ3) is 2.26. The Kier molecular flexibility index (Phi) is 3.42. The van der Waals surface area contributed by atoms with Crippen molar-refractivity contribution in [2.24, 2.45) is 0 Å². The van der Waals surface area contributed by atoms with E-state index in [1.54, 1.807) is 17.6 Å². The molecule has 2 rings (SSSR count). The number of hydrogen-bond acceptors (Lipinski definition) is 2. The Morgan fingerprint density at radius 3 is 2.42 bits per heavy atom. The largest absolute Gasteiger partial charge is 0.481 e. The van der Waals surface area contributed by atoms with Crippen LogP contribution in [-0.2, 0) is 4.79 Å². The predicted molar refractivity (Wildman–Crippen MR) is 74.6 cm³/mol. The third-order valence-corrected chi connectivity index (χ3v) is 3.33. The van der Waals surface area contributed by atoms with Crippen molar-refractivity contribution in [2.75, 3.05) is 0 Å². The Labute approximate surface area is 111 Å². The summed E-state index contributed by atoms with van der Waals surface area (Å²) in [5.74, 6) is -1.79. The van der Waals surface area contributed by atoms with Crippen molar-refractivity contribution < 1.29 is 9.90 Å². The molecule has 4 heteroatoms. The van der Waals surface area contributed by atoms with Gasteiger partial charge in [-0.05, 0) is 38.3 Å². The summed E-state index contributed by atoms with van der Waals surface area (Å²) in [7, 11) is 0. The van der Waals surface area contributed by atoms with Gasteiger partial charge in [-0.2, -0.15) is 0 Å². The lowest BCUT2D eigenvalue weighted by Crippen LogP contribution is -2.28. The molecule has 0 aliphatic carbocycles. The molecule has 0 amide bonds. The first-order valence-corrected chi connectivity index (χ1v) is 6.30. The zero-order valence-electron chi connectivity index (χ0n) is 11.3. The highest BCUT2D eigenvalue weighted by molar-refractivity contribution is 5.82. The van der Waals surface area contributed by atoms with Crippen molar-refractivity contribution in [1.82, 2.24) is 4.57 Å². The van der Waals surface area contributed by atoms with Crippen LogP contribution in [0.5, 0.6) is 0 Å². The van der Waals surface area contributed by atoms with Crippen LogP contribution < -0.4 is 5.56 Å². The highest BCUT2D eigenvalue weighted by Crippen LogP contribution is 2.21. The van der Waals surface area contributed by atoms with Gasteiger partial charge in [0.2, 0.25) is 0 Å². The van der Waals surface area contributed by atoms with Crippen LogP contribution in [0, 0.1) is 0 Å². The molecule has 1 unspecified atom stereocenters. The zero-order chi connectivity index (χ0) is 14.2. The van der Waals surface area contributed by atoms with Crippen LogP contribution in [0.1, 0.15) is 38.3 Å². The van der Waals surface area contributed by atoms with E-state index in [-0.39, 0.29) is 11.6 Å². The smallest absolute Gasteiger partial charge is 0.310 e. The first-order chi connectivity index (χ1) is 8.93. The van der Waals surface area contributed by atoms with Crippen LogP contribution in [0.2, 0.25) is 0 Å². The molecule has 1 N–H and O–H groups in total. The maximum atomic E-state index is 12.5. The molecule has 0 aliphatic rings. The fourth-order valence-corrected chi connectivity index (χ4v) is 2.26. The van der Waals surface area contributed by atoms with Gasteiger partial charge in [0.25, 0.3) is 5.56 Å². The Morgan fingerprint density at radius 1 is 1.21 bits per heavy atom. The second-order valence-electron chi connectivity index (χ2n) is 4.99. The molecule has 1 aromatic carbocycles. The van der Waals surface area contributed by atoms with Gasteiger partial charge in [0, 0.05) is 11.6 Å². The molecule has 19 heavy (non-hydrogen) atoms. The summed E-state index contributed by atoms with van der Waals surface area (Å²) in [5.41, 5.74) is 0.951. The summed E-state index contributed by atoms with van der Waals surface area (Å²) in [6.07, 6.45) is 0. The molecule has 1 aromatic heterocycles. The van der Waals surface area contributed by atoms with Crippen LogP contribution in [0.25, 0.3) is 10.9 Å². The molecule has 0 radical (unpaired) electrons. The van der Waals surface area contributed by atoms with E-state index in [1.807, 2.05) is 38.1 Å². The SMILES string of the molecule is CC(C(=O)O)c1cc2ccccc2n(C(C)C)c1=O. The van der Waals surface area contributed by atoms with E-state index in [0.29, 0.717) is 5.56 Å². The summed E-state index contributed by atoms with van der Waals surface area (Å²) in [6, 6.07) is 9.21. The average molecular weight is 259 g/mol. The van der Waals surface area contributed by atoms with Crippen molar-refractivity contribution in [3.8, 4) is 0 Å². The Bertz CT molecular complexity index is 685. The van der Waals surface area contributed by atoms with Crippen molar-refractivity contribution in [1.29, 1.82) is 0 Å². The summed E-state index contributed by atoms with van der Waals surface area (Å²) in [6.45, 7) is 5.38. The summed E-state index contributed by atoms with van der Waals surface area (Å²) in [4.78, 5) is 23.6. The molecule has 0 spiro atoms. The van der Waals surface area contributed by atoms with Crippen molar-refractivity contribution in [3.05, 3.63) is 46.2 Å². The van der Waals surface area contributed by atoms with Gasteiger partial charge in [0.15, 0.2) is 0 Å². The van der Waals surface area contributed by atoms with E-state index in [2.05, 4.69) is 0 Å². The molecule has 0 saturated heterocycles.